The Morgan fingerprint density at radius 3 is 2.59 bits per heavy atom. The Labute approximate surface area is 98.8 Å². The standard InChI is InChI=1S/C12H14FNO3/c1-7(15)10-5-4-9(13)6-11(10)17-8(2)12(16)14-3/h4-6,8H,1-3H3,(H,14,16). The van der Waals surface area contributed by atoms with E-state index in [0.717, 1.165) is 6.07 Å². The zero-order valence-electron chi connectivity index (χ0n) is 9.91. The highest BCUT2D eigenvalue weighted by Gasteiger charge is 2.17. The quantitative estimate of drug-likeness (QED) is 0.811. The molecule has 0 aliphatic carbocycles. The highest BCUT2D eigenvalue weighted by Crippen LogP contribution is 2.21. The molecule has 0 aromatic heterocycles. The zero-order valence-corrected chi connectivity index (χ0v) is 9.91. The molecule has 0 spiro atoms. The van der Waals surface area contributed by atoms with Gasteiger partial charge in [0.15, 0.2) is 11.9 Å². The van der Waals surface area contributed by atoms with Crippen LogP contribution in [0.25, 0.3) is 0 Å². The predicted octanol–water partition coefficient (Wildman–Crippen LogP) is 1.54. The van der Waals surface area contributed by atoms with Gasteiger partial charge in [0.1, 0.15) is 11.6 Å². The van der Waals surface area contributed by atoms with Crippen LogP contribution in [-0.4, -0.2) is 24.8 Å². The maximum absolute atomic E-state index is 13.1. The third-order valence-electron chi connectivity index (χ3n) is 2.24. The van der Waals surface area contributed by atoms with Crippen molar-refractivity contribution < 1.29 is 18.7 Å². The van der Waals surface area contributed by atoms with Crippen molar-refractivity contribution in [2.75, 3.05) is 7.05 Å². The second-order valence-corrected chi connectivity index (χ2v) is 3.57. The molecule has 0 heterocycles. The molecule has 1 aromatic carbocycles. The number of halogens is 1. The summed E-state index contributed by atoms with van der Waals surface area (Å²) < 4.78 is 18.3. The normalized spacial score (nSPS) is 11.8. The van der Waals surface area contributed by atoms with Crippen LogP contribution in [0.15, 0.2) is 18.2 Å². The fraction of sp³-hybridized carbons (Fsp3) is 0.333. The molecule has 17 heavy (non-hydrogen) atoms. The van der Waals surface area contributed by atoms with Crippen molar-refractivity contribution in [1.29, 1.82) is 0 Å². The topological polar surface area (TPSA) is 55.4 Å². The molecule has 0 aliphatic heterocycles. The number of likely N-dealkylation sites (N-methyl/N-ethyl adjacent to an activating group) is 1. The summed E-state index contributed by atoms with van der Waals surface area (Å²) in [7, 11) is 1.47. The lowest BCUT2D eigenvalue weighted by atomic mass is 10.1. The van der Waals surface area contributed by atoms with Crippen molar-refractivity contribution in [2.45, 2.75) is 20.0 Å². The summed E-state index contributed by atoms with van der Waals surface area (Å²) in [6.45, 7) is 2.87. The molecular formula is C12H14FNO3. The van der Waals surface area contributed by atoms with E-state index in [1.807, 2.05) is 0 Å². The zero-order chi connectivity index (χ0) is 13.0. The summed E-state index contributed by atoms with van der Waals surface area (Å²) in [5.41, 5.74) is 0.252. The smallest absolute Gasteiger partial charge is 0.260 e. The number of ketones is 1. The number of amides is 1. The van der Waals surface area contributed by atoms with Gasteiger partial charge in [0.2, 0.25) is 0 Å². The molecule has 1 unspecified atom stereocenters. The Balaban J connectivity index is 3.00. The van der Waals surface area contributed by atoms with Gasteiger partial charge in [-0.05, 0) is 26.0 Å². The molecule has 0 saturated carbocycles. The van der Waals surface area contributed by atoms with E-state index in [1.165, 1.54) is 33.0 Å². The molecule has 0 radical (unpaired) electrons. The van der Waals surface area contributed by atoms with Gasteiger partial charge in [0.25, 0.3) is 5.91 Å². The molecule has 1 rings (SSSR count). The largest absolute Gasteiger partial charge is 0.480 e. The lowest BCUT2D eigenvalue weighted by Crippen LogP contribution is -2.34. The number of hydrogen-bond acceptors (Lipinski definition) is 3. The van der Waals surface area contributed by atoms with Gasteiger partial charge in [-0.1, -0.05) is 0 Å². The molecular weight excluding hydrogens is 225 g/mol. The van der Waals surface area contributed by atoms with E-state index in [1.54, 1.807) is 0 Å². The molecule has 1 aromatic rings. The monoisotopic (exact) mass is 239 g/mol. The Bertz CT molecular complexity index is 445. The number of hydrogen-bond donors (Lipinski definition) is 1. The van der Waals surface area contributed by atoms with Crippen LogP contribution in [-0.2, 0) is 4.79 Å². The van der Waals surface area contributed by atoms with Crippen LogP contribution >= 0.6 is 0 Å². The fourth-order valence-corrected chi connectivity index (χ4v) is 1.33. The van der Waals surface area contributed by atoms with E-state index in [2.05, 4.69) is 5.32 Å². The fourth-order valence-electron chi connectivity index (χ4n) is 1.33. The van der Waals surface area contributed by atoms with Crippen LogP contribution in [0.4, 0.5) is 4.39 Å². The van der Waals surface area contributed by atoms with E-state index >= 15 is 0 Å². The lowest BCUT2D eigenvalue weighted by molar-refractivity contribution is -0.126. The Morgan fingerprint density at radius 2 is 2.06 bits per heavy atom. The lowest BCUT2D eigenvalue weighted by Gasteiger charge is -2.15. The van der Waals surface area contributed by atoms with E-state index in [0.29, 0.717) is 0 Å². The molecule has 1 N–H and O–H groups in total. The third-order valence-corrected chi connectivity index (χ3v) is 2.24. The SMILES string of the molecule is CNC(=O)C(C)Oc1cc(F)ccc1C(C)=O. The summed E-state index contributed by atoms with van der Waals surface area (Å²) in [4.78, 5) is 22.6. The molecule has 92 valence electrons. The average Bonchev–Trinajstić information content (AvgIpc) is 2.27. The van der Waals surface area contributed by atoms with E-state index in [-0.39, 0.29) is 23.0 Å². The first-order chi connectivity index (χ1) is 7.95. The number of ether oxygens (including phenoxy) is 1. The molecule has 0 fully saturated rings. The van der Waals surface area contributed by atoms with Crippen LogP contribution in [0.5, 0.6) is 5.75 Å². The predicted molar refractivity (Wildman–Crippen MR) is 60.6 cm³/mol. The summed E-state index contributed by atoms with van der Waals surface area (Å²) >= 11 is 0. The van der Waals surface area contributed by atoms with Crippen molar-refractivity contribution in [1.82, 2.24) is 5.32 Å². The summed E-state index contributed by atoms with van der Waals surface area (Å²) in [6.07, 6.45) is -0.792. The molecule has 1 atom stereocenters. The molecule has 0 saturated heterocycles. The van der Waals surface area contributed by atoms with Gasteiger partial charge in [-0.2, -0.15) is 0 Å². The Morgan fingerprint density at radius 1 is 1.41 bits per heavy atom. The van der Waals surface area contributed by atoms with E-state index in [4.69, 9.17) is 4.74 Å². The molecule has 5 heteroatoms. The van der Waals surface area contributed by atoms with Crippen LogP contribution in [0.3, 0.4) is 0 Å². The minimum atomic E-state index is -0.792. The van der Waals surface area contributed by atoms with Crippen molar-refractivity contribution in [3.63, 3.8) is 0 Å². The minimum Gasteiger partial charge on any atom is -0.480 e. The molecule has 0 aliphatic rings. The Hall–Kier alpha value is -1.91. The van der Waals surface area contributed by atoms with Crippen molar-refractivity contribution in [3.05, 3.63) is 29.6 Å². The highest BCUT2D eigenvalue weighted by atomic mass is 19.1. The number of Topliss-reactive ketones (excluding diaryl/α,β-unsaturated/α-hetero) is 1. The van der Waals surface area contributed by atoms with Crippen molar-refractivity contribution in [3.8, 4) is 5.75 Å². The van der Waals surface area contributed by atoms with Crippen molar-refractivity contribution >= 4 is 11.7 Å². The first-order valence-corrected chi connectivity index (χ1v) is 5.14. The summed E-state index contributed by atoms with van der Waals surface area (Å²) in [5, 5.41) is 2.41. The van der Waals surface area contributed by atoms with Gasteiger partial charge in [-0.25, -0.2) is 4.39 Å². The Kier molecular flexibility index (Phi) is 4.20. The number of benzene rings is 1. The number of carbonyl (C=O) groups is 2. The minimum absolute atomic E-state index is 0.0774. The second-order valence-electron chi connectivity index (χ2n) is 3.57. The van der Waals surface area contributed by atoms with Crippen LogP contribution in [0.2, 0.25) is 0 Å². The maximum atomic E-state index is 13.1. The molecule has 1 amide bonds. The van der Waals surface area contributed by atoms with E-state index in [9.17, 15) is 14.0 Å². The van der Waals surface area contributed by atoms with Gasteiger partial charge in [0.05, 0.1) is 5.56 Å². The highest BCUT2D eigenvalue weighted by molar-refractivity contribution is 5.97. The average molecular weight is 239 g/mol. The van der Waals surface area contributed by atoms with Gasteiger partial charge in [-0.15, -0.1) is 0 Å². The first-order valence-electron chi connectivity index (χ1n) is 5.14. The molecule has 0 bridgehead atoms. The van der Waals surface area contributed by atoms with Crippen molar-refractivity contribution in [2.24, 2.45) is 0 Å². The summed E-state index contributed by atoms with van der Waals surface area (Å²) in [5.74, 6) is -1.03. The van der Waals surface area contributed by atoms with Crippen LogP contribution in [0.1, 0.15) is 24.2 Å². The number of nitrogens with one attached hydrogen (secondary N) is 1. The molecule has 4 nitrogen and oxygen atoms in total. The van der Waals surface area contributed by atoms with Crippen LogP contribution < -0.4 is 10.1 Å². The maximum Gasteiger partial charge on any atom is 0.260 e. The number of carbonyl (C=O) groups excluding carboxylic acids is 2. The van der Waals surface area contributed by atoms with E-state index < -0.39 is 11.9 Å². The van der Waals surface area contributed by atoms with Gasteiger partial charge < -0.3 is 10.1 Å². The van der Waals surface area contributed by atoms with Gasteiger partial charge in [-0.3, -0.25) is 9.59 Å². The number of rotatable bonds is 4. The van der Waals surface area contributed by atoms with Gasteiger partial charge >= 0.3 is 0 Å². The third kappa shape index (κ3) is 3.27. The van der Waals surface area contributed by atoms with Crippen LogP contribution in [0, 0.1) is 5.82 Å². The van der Waals surface area contributed by atoms with Gasteiger partial charge in [0, 0.05) is 13.1 Å². The summed E-state index contributed by atoms with van der Waals surface area (Å²) in [6, 6.07) is 3.61. The second kappa shape index (κ2) is 5.43. The first kappa shape index (κ1) is 13.2.